The molecule has 0 bridgehead atoms. The first-order valence-electron chi connectivity index (χ1n) is 10.9. The van der Waals surface area contributed by atoms with Gasteiger partial charge in [0.05, 0.1) is 22.5 Å². The van der Waals surface area contributed by atoms with Gasteiger partial charge in [-0.25, -0.2) is 12.8 Å². The molecule has 2 atom stereocenters. The molecule has 0 aliphatic heterocycles. The molecule has 0 radical (unpaired) electrons. The smallest absolute Gasteiger partial charge is 0.184 e. The fraction of sp³-hybridized carbons (Fsp3) is 0.185. The van der Waals surface area contributed by atoms with Gasteiger partial charge in [-0.3, -0.25) is 9.78 Å². The van der Waals surface area contributed by atoms with Crippen molar-refractivity contribution in [2.45, 2.75) is 29.4 Å². The van der Waals surface area contributed by atoms with Crippen LogP contribution in [0, 0.1) is 11.7 Å². The zero-order valence-corrected chi connectivity index (χ0v) is 19.7. The number of sulfone groups is 1. The molecule has 1 aliphatic carbocycles. The zero-order valence-electron chi connectivity index (χ0n) is 18.1. The maximum atomic E-state index is 13.0. The third-order valence-corrected chi connectivity index (χ3v) is 8.27. The van der Waals surface area contributed by atoms with Crippen molar-refractivity contribution in [3.05, 3.63) is 107 Å². The molecule has 0 spiro atoms. The van der Waals surface area contributed by atoms with Crippen molar-refractivity contribution in [1.82, 2.24) is 4.98 Å². The SMILES string of the molecule is O=C(Cc1ccc2cccc(Cl)c2c1)[C@@H]1CC1c1ccc(S(=O)(=O)Cc2ccc(F)cn2)cc1. The van der Waals surface area contributed by atoms with Crippen molar-refractivity contribution in [1.29, 1.82) is 0 Å². The van der Waals surface area contributed by atoms with Gasteiger partial charge in [0, 0.05) is 22.7 Å². The summed E-state index contributed by atoms with van der Waals surface area (Å²) in [5, 5.41) is 2.65. The van der Waals surface area contributed by atoms with Crippen LogP contribution in [0.5, 0.6) is 0 Å². The molecular weight excluding hydrogens is 473 g/mol. The molecule has 0 N–H and O–H groups in total. The Bertz CT molecular complexity index is 1490. The van der Waals surface area contributed by atoms with Gasteiger partial charge in [-0.2, -0.15) is 0 Å². The van der Waals surface area contributed by atoms with E-state index < -0.39 is 15.7 Å². The third-order valence-electron chi connectivity index (χ3n) is 6.27. The molecule has 1 fully saturated rings. The molecule has 4 nitrogen and oxygen atoms in total. The predicted molar refractivity (Wildman–Crippen MR) is 130 cm³/mol. The first-order valence-corrected chi connectivity index (χ1v) is 13.0. The van der Waals surface area contributed by atoms with Crippen molar-refractivity contribution >= 4 is 38.0 Å². The van der Waals surface area contributed by atoms with Crippen LogP contribution >= 0.6 is 11.6 Å². The Balaban J connectivity index is 1.24. The number of carbonyl (C=O) groups excluding carboxylic acids is 1. The summed E-state index contributed by atoms with van der Waals surface area (Å²) in [6, 6.07) is 20.9. The minimum atomic E-state index is -3.60. The highest BCUT2D eigenvalue weighted by molar-refractivity contribution is 7.90. The summed E-state index contributed by atoms with van der Waals surface area (Å²) in [6.45, 7) is 0. The number of hydrogen-bond acceptors (Lipinski definition) is 4. The van der Waals surface area contributed by atoms with Gasteiger partial charge in [0.15, 0.2) is 9.84 Å². The highest BCUT2D eigenvalue weighted by Crippen LogP contribution is 2.48. The summed E-state index contributed by atoms with van der Waals surface area (Å²) in [5.74, 6) is -0.591. The molecule has 1 unspecified atom stereocenters. The monoisotopic (exact) mass is 493 g/mol. The van der Waals surface area contributed by atoms with E-state index in [1.54, 1.807) is 24.3 Å². The van der Waals surface area contributed by atoms with Crippen LogP contribution in [-0.2, 0) is 26.8 Å². The number of rotatable bonds is 7. The van der Waals surface area contributed by atoms with E-state index in [-0.39, 0.29) is 34.0 Å². The van der Waals surface area contributed by atoms with Crippen LogP contribution in [0.15, 0.2) is 83.9 Å². The van der Waals surface area contributed by atoms with E-state index in [2.05, 4.69) is 4.98 Å². The van der Waals surface area contributed by atoms with Gasteiger partial charge < -0.3 is 0 Å². The summed E-state index contributed by atoms with van der Waals surface area (Å²) < 4.78 is 38.4. The highest BCUT2D eigenvalue weighted by Gasteiger charge is 2.43. The highest BCUT2D eigenvalue weighted by atomic mass is 35.5. The Kier molecular flexibility index (Phi) is 5.96. The van der Waals surface area contributed by atoms with Crippen molar-refractivity contribution in [2.75, 3.05) is 0 Å². The molecular formula is C27H21ClFNO3S. The van der Waals surface area contributed by atoms with Gasteiger partial charge in [0.1, 0.15) is 11.6 Å². The van der Waals surface area contributed by atoms with E-state index in [0.29, 0.717) is 11.4 Å². The lowest BCUT2D eigenvalue weighted by Gasteiger charge is -2.07. The Morgan fingerprint density at radius 3 is 2.56 bits per heavy atom. The van der Waals surface area contributed by atoms with Gasteiger partial charge in [0.25, 0.3) is 0 Å². The molecule has 1 aromatic heterocycles. The van der Waals surface area contributed by atoms with Crippen LogP contribution in [0.4, 0.5) is 4.39 Å². The first kappa shape index (κ1) is 22.7. The number of pyridine rings is 1. The average molecular weight is 494 g/mol. The fourth-order valence-electron chi connectivity index (χ4n) is 4.34. The number of ketones is 1. The molecule has 1 heterocycles. The molecule has 1 saturated carbocycles. The number of nitrogens with zero attached hydrogens (tertiary/aromatic N) is 1. The Morgan fingerprint density at radius 2 is 1.82 bits per heavy atom. The van der Waals surface area contributed by atoms with Crippen molar-refractivity contribution in [3.8, 4) is 0 Å². The van der Waals surface area contributed by atoms with Crippen LogP contribution in [0.25, 0.3) is 10.8 Å². The van der Waals surface area contributed by atoms with Crippen LogP contribution in [0.2, 0.25) is 5.02 Å². The van der Waals surface area contributed by atoms with Crippen LogP contribution in [-0.4, -0.2) is 19.2 Å². The second-order valence-electron chi connectivity index (χ2n) is 8.68. The number of hydrogen-bond donors (Lipinski definition) is 0. The Hall–Kier alpha value is -3.09. The Morgan fingerprint density at radius 1 is 1.03 bits per heavy atom. The largest absolute Gasteiger partial charge is 0.299 e. The van der Waals surface area contributed by atoms with E-state index >= 15 is 0 Å². The number of aromatic nitrogens is 1. The second-order valence-corrected chi connectivity index (χ2v) is 11.1. The quantitative estimate of drug-likeness (QED) is 0.321. The third kappa shape index (κ3) is 4.74. The summed E-state index contributed by atoms with van der Waals surface area (Å²) in [6.07, 6.45) is 2.11. The maximum Gasteiger partial charge on any atom is 0.184 e. The van der Waals surface area contributed by atoms with Gasteiger partial charge >= 0.3 is 0 Å². The number of fused-ring (bicyclic) bond motifs is 1. The van der Waals surface area contributed by atoms with E-state index in [1.807, 2.05) is 36.4 Å². The van der Waals surface area contributed by atoms with Crippen LogP contribution in [0.3, 0.4) is 0 Å². The first-order chi connectivity index (χ1) is 16.3. The van der Waals surface area contributed by atoms with Crippen molar-refractivity contribution in [2.24, 2.45) is 5.92 Å². The van der Waals surface area contributed by atoms with Crippen molar-refractivity contribution < 1.29 is 17.6 Å². The topological polar surface area (TPSA) is 64.1 Å². The lowest BCUT2D eigenvalue weighted by molar-refractivity contribution is -0.119. The van der Waals surface area contributed by atoms with E-state index in [4.69, 9.17) is 11.6 Å². The minimum absolute atomic E-state index is 0.0622. The molecule has 0 amide bonds. The Labute approximate surface area is 202 Å². The van der Waals surface area contributed by atoms with Gasteiger partial charge in [-0.05, 0) is 65.3 Å². The lowest BCUT2D eigenvalue weighted by atomic mass is 10.00. The summed E-state index contributed by atoms with van der Waals surface area (Å²) >= 11 is 6.29. The van der Waals surface area contributed by atoms with Gasteiger partial charge in [0.2, 0.25) is 0 Å². The molecule has 3 aromatic carbocycles. The normalized spacial score (nSPS) is 17.6. The van der Waals surface area contributed by atoms with Crippen molar-refractivity contribution in [3.63, 3.8) is 0 Å². The zero-order chi connectivity index (χ0) is 23.9. The number of carbonyl (C=O) groups is 1. The summed E-state index contributed by atoms with van der Waals surface area (Å²) in [7, 11) is -3.60. The predicted octanol–water partition coefficient (Wildman–Crippen LogP) is 5.92. The number of halogens is 2. The minimum Gasteiger partial charge on any atom is -0.299 e. The molecule has 7 heteroatoms. The molecule has 5 rings (SSSR count). The fourth-order valence-corrected chi connectivity index (χ4v) is 5.85. The van der Waals surface area contributed by atoms with Gasteiger partial charge in [-0.1, -0.05) is 48.0 Å². The molecule has 34 heavy (non-hydrogen) atoms. The van der Waals surface area contributed by atoms with E-state index in [0.717, 1.165) is 34.5 Å². The second kappa shape index (κ2) is 8.93. The summed E-state index contributed by atoms with van der Waals surface area (Å²) in [5.41, 5.74) is 2.18. The van der Waals surface area contributed by atoms with Gasteiger partial charge in [-0.15, -0.1) is 0 Å². The summed E-state index contributed by atoms with van der Waals surface area (Å²) in [4.78, 5) is 16.9. The number of Topliss-reactive ketones (excluding diaryl/α,β-unsaturated/α-hetero) is 1. The maximum absolute atomic E-state index is 13.0. The number of benzene rings is 3. The van der Waals surface area contributed by atoms with Crippen LogP contribution in [0.1, 0.15) is 29.2 Å². The van der Waals surface area contributed by atoms with E-state index in [1.165, 1.54) is 12.1 Å². The lowest BCUT2D eigenvalue weighted by Crippen LogP contribution is -2.07. The molecule has 4 aromatic rings. The molecule has 1 aliphatic rings. The van der Waals surface area contributed by atoms with E-state index in [9.17, 15) is 17.6 Å². The molecule has 172 valence electrons. The molecule has 0 saturated heterocycles. The average Bonchev–Trinajstić information content (AvgIpc) is 3.62. The standard InChI is InChI=1S/C27H21ClFNO3S/c28-26-3-1-2-18-5-4-17(12-24(18)26)13-27(31)25-14-23(25)19-6-10-22(11-7-19)34(32,33)16-21-9-8-20(29)15-30-21/h1-12,15,23,25H,13-14,16H2/t23?,25-/m1/s1. The van der Waals surface area contributed by atoms with Crippen LogP contribution < -0.4 is 0 Å².